The van der Waals surface area contributed by atoms with E-state index in [0.717, 1.165) is 19.6 Å². The highest BCUT2D eigenvalue weighted by atomic mass is 19.1. The second kappa shape index (κ2) is 6.33. The van der Waals surface area contributed by atoms with Gasteiger partial charge in [0.2, 0.25) is 5.91 Å². The van der Waals surface area contributed by atoms with E-state index < -0.39 is 0 Å². The monoisotopic (exact) mass is 279 g/mol. The fourth-order valence-corrected chi connectivity index (χ4v) is 2.38. The first kappa shape index (κ1) is 14.9. The summed E-state index contributed by atoms with van der Waals surface area (Å²) in [5.41, 5.74) is 0.480. The van der Waals surface area contributed by atoms with Crippen molar-refractivity contribution in [2.45, 2.75) is 25.9 Å². The van der Waals surface area contributed by atoms with E-state index in [1.165, 1.54) is 6.07 Å². The van der Waals surface area contributed by atoms with Crippen LogP contribution in [0.1, 0.15) is 19.4 Å². The molecule has 20 heavy (non-hydrogen) atoms. The van der Waals surface area contributed by atoms with Crippen molar-refractivity contribution in [2.75, 3.05) is 26.2 Å². The highest BCUT2D eigenvalue weighted by molar-refractivity contribution is 5.78. The zero-order chi connectivity index (χ0) is 14.6. The van der Waals surface area contributed by atoms with Crippen molar-refractivity contribution in [3.05, 3.63) is 35.6 Å². The number of carbonyl (C=O) groups excluding carboxylic acids is 1. The Balaban J connectivity index is 1.85. The molecular formula is C15H22FN3O. The molecule has 1 amide bonds. The Morgan fingerprint density at radius 2 is 2.20 bits per heavy atom. The van der Waals surface area contributed by atoms with E-state index in [4.69, 9.17) is 0 Å². The van der Waals surface area contributed by atoms with Gasteiger partial charge in [-0.1, -0.05) is 18.2 Å². The van der Waals surface area contributed by atoms with E-state index in [1.54, 1.807) is 18.2 Å². The number of carbonyl (C=O) groups is 1. The van der Waals surface area contributed by atoms with Crippen LogP contribution in [0, 0.1) is 5.82 Å². The summed E-state index contributed by atoms with van der Waals surface area (Å²) >= 11 is 0. The summed E-state index contributed by atoms with van der Waals surface area (Å²) in [7, 11) is 0. The van der Waals surface area contributed by atoms with Gasteiger partial charge >= 0.3 is 0 Å². The molecule has 0 aromatic heterocycles. The fraction of sp³-hybridized carbons (Fsp3) is 0.533. The van der Waals surface area contributed by atoms with Gasteiger partial charge in [0.05, 0.1) is 6.54 Å². The lowest BCUT2D eigenvalue weighted by Crippen LogP contribution is -2.59. The number of piperazine rings is 1. The van der Waals surface area contributed by atoms with Gasteiger partial charge < -0.3 is 10.6 Å². The highest BCUT2D eigenvalue weighted by Crippen LogP contribution is 2.15. The third-order valence-corrected chi connectivity index (χ3v) is 3.74. The van der Waals surface area contributed by atoms with Crippen LogP contribution < -0.4 is 10.6 Å². The molecule has 4 nitrogen and oxygen atoms in total. The molecule has 1 heterocycles. The summed E-state index contributed by atoms with van der Waals surface area (Å²) in [4.78, 5) is 14.1. The topological polar surface area (TPSA) is 44.4 Å². The first-order valence-corrected chi connectivity index (χ1v) is 6.95. The van der Waals surface area contributed by atoms with Gasteiger partial charge in [-0.3, -0.25) is 9.69 Å². The molecule has 0 spiro atoms. The maximum atomic E-state index is 13.5. The number of nitrogens with one attached hydrogen (secondary N) is 2. The number of halogens is 1. The standard InChI is InChI=1S/C15H22FN3O/c1-15(2)11-17-7-8-19(15)10-14(20)18-9-12-5-3-4-6-13(12)16/h3-6,17H,7-11H2,1-2H3,(H,18,20). The minimum atomic E-state index is -0.282. The zero-order valence-corrected chi connectivity index (χ0v) is 12.1. The second-order valence-electron chi connectivity index (χ2n) is 5.78. The average molecular weight is 279 g/mol. The van der Waals surface area contributed by atoms with Crippen LogP contribution in [0.15, 0.2) is 24.3 Å². The van der Waals surface area contributed by atoms with Crippen molar-refractivity contribution in [1.82, 2.24) is 15.5 Å². The Bertz CT molecular complexity index is 476. The molecule has 1 aromatic carbocycles. The first-order chi connectivity index (χ1) is 9.49. The van der Waals surface area contributed by atoms with Crippen LogP contribution in [0.25, 0.3) is 0 Å². The van der Waals surface area contributed by atoms with Crippen LogP contribution in [-0.4, -0.2) is 42.5 Å². The lowest BCUT2D eigenvalue weighted by atomic mass is 10.0. The number of nitrogens with zero attached hydrogens (tertiary/aromatic N) is 1. The Labute approximate surface area is 119 Å². The third kappa shape index (κ3) is 3.77. The summed E-state index contributed by atoms with van der Waals surface area (Å²) in [6.45, 7) is 7.42. The predicted molar refractivity (Wildman–Crippen MR) is 76.8 cm³/mol. The summed E-state index contributed by atoms with van der Waals surface area (Å²) in [5.74, 6) is -0.349. The minimum Gasteiger partial charge on any atom is -0.351 e. The van der Waals surface area contributed by atoms with Crippen LogP contribution in [0.2, 0.25) is 0 Å². The molecule has 0 unspecified atom stereocenters. The molecule has 1 aliphatic rings. The zero-order valence-electron chi connectivity index (χ0n) is 12.1. The molecule has 0 saturated carbocycles. The molecule has 0 atom stereocenters. The molecule has 1 aromatic rings. The summed E-state index contributed by atoms with van der Waals surface area (Å²) in [6, 6.07) is 6.50. The average Bonchev–Trinajstić information content (AvgIpc) is 2.40. The van der Waals surface area contributed by atoms with Gasteiger partial charge in [-0.2, -0.15) is 0 Å². The molecule has 2 rings (SSSR count). The molecule has 2 N–H and O–H groups in total. The molecule has 0 aliphatic carbocycles. The summed E-state index contributed by atoms with van der Waals surface area (Å²) in [6.07, 6.45) is 0. The Kier molecular flexibility index (Phi) is 4.73. The first-order valence-electron chi connectivity index (χ1n) is 6.95. The van der Waals surface area contributed by atoms with Crippen molar-refractivity contribution < 1.29 is 9.18 Å². The second-order valence-corrected chi connectivity index (χ2v) is 5.78. The van der Waals surface area contributed by atoms with Gasteiger partial charge in [-0.25, -0.2) is 4.39 Å². The quantitative estimate of drug-likeness (QED) is 0.868. The lowest BCUT2D eigenvalue weighted by Gasteiger charge is -2.42. The number of benzene rings is 1. The molecule has 0 bridgehead atoms. The number of amides is 1. The number of hydrogen-bond acceptors (Lipinski definition) is 3. The Morgan fingerprint density at radius 3 is 2.90 bits per heavy atom. The van der Waals surface area contributed by atoms with Gasteiger partial charge in [0.25, 0.3) is 0 Å². The van der Waals surface area contributed by atoms with Crippen molar-refractivity contribution in [2.24, 2.45) is 0 Å². The van der Waals surface area contributed by atoms with Crippen molar-refractivity contribution >= 4 is 5.91 Å². The van der Waals surface area contributed by atoms with Crippen molar-refractivity contribution in [3.8, 4) is 0 Å². The van der Waals surface area contributed by atoms with Gasteiger partial charge in [0.15, 0.2) is 0 Å². The van der Waals surface area contributed by atoms with Gasteiger partial charge in [0.1, 0.15) is 5.82 Å². The van der Waals surface area contributed by atoms with Gasteiger partial charge in [-0.15, -0.1) is 0 Å². The maximum Gasteiger partial charge on any atom is 0.234 e. The maximum absolute atomic E-state index is 13.5. The van der Waals surface area contributed by atoms with Gasteiger partial charge in [-0.05, 0) is 19.9 Å². The summed E-state index contributed by atoms with van der Waals surface area (Å²) < 4.78 is 13.5. The SMILES string of the molecule is CC1(C)CNCCN1CC(=O)NCc1ccccc1F. The van der Waals surface area contributed by atoms with E-state index >= 15 is 0 Å². The summed E-state index contributed by atoms with van der Waals surface area (Å²) in [5, 5.41) is 6.10. The fourth-order valence-electron chi connectivity index (χ4n) is 2.38. The Hall–Kier alpha value is -1.46. The van der Waals surface area contributed by atoms with E-state index in [0.29, 0.717) is 12.1 Å². The third-order valence-electron chi connectivity index (χ3n) is 3.74. The molecule has 1 fully saturated rings. The molecular weight excluding hydrogens is 257 g/mol. The lowest BCUT2D eigenvalue weighted by molar-refractivity contribution is -0.124. The molecule has 1 saturated heterocycles. The Morgan fingerprint density at radius 1 is 1.45 bits per heavy atom. The van der Waals surface area contributed by atoms with E-state index in [-0.39, 0.29) is 23.8 Å². The van der Waals surface area contributed by atoms with Crippen LogP contribution >= 0.6 is 0 Å². The van der Waals surface area contributed by atoms with E-state index in [1.807, 2.05) is 0 Å². The largest absolute Gasteiger partial charge is 0.351 e. The smallest absolute Gasteiger partial charge is 0.234 e. The van der Waals surface area contributed by atoms with E-state index in [9.17, 15) is 9.18 Å². The molecule has 5 heteroatoms. The van der Waals surface area contributed by atoms with Crippen LogP contribution in [-0.2, 0) is 11.3 Å². The minimum absolute atomic E-state index is 0.0341. The normalized spacial score (nSPS) is 18.8. The molecule has 0 radical (unpaired) electrons. The predicted octanol–water partition coefficient (Wildman–Crippen LogP) is 1.13. The molecule has 110 valence electrons. The van der Waals surface area contributed by atoms with Gasteiger partial charge in [0, 0.05) is 37.3 Å². The van der Waals surface area contributed by atoms with Crippen LogP contribution in [0.5, 0.6) is 0 Å². The van der Waals surface area contributed by atoms with Crippen molar-refractivity contribution in [3.63, 3.8) is 0 Å². The number of rotatable bonds is 4. The molecule has 1 aliphatic heterocycles. The van der Waals surface area contributed by atoms with Crippen molar-refractivity contribution in [1.29, 1.82) is 0 Å². The van der Waals surface area contributed by atoms with Crippen LogP contribution in [0.4, 0.5) is 4.39 Å². The van der Waals surface area contributed by atoms with E-state index in [2.05, 4.69) is 29.4 Å². The number of hydrogen-bond donors (Lipinski definition) is 2. The van der Waals surface area contributed by atoms with Crippen LogP contribution in [0.3, 0.4) is 0 Å². The highest BCUT2D eigenvalue weighted by Gasteiger charge is 2.30.